The maximum atomic E-state index is 9.03. The summed E-state index contributed by atoms with van der Waals surface area (Å²) in [7, 11) is 0. The van der Waals surface area contributed by atoms with Crippen LogP contribution in [0.15, 0.2) is 0 Å². The van der Waals surface area contributed by atoms with Crippen LogP contribution < -0.4 is 0 Å². The fourth-order valence-corrected chi connectivity index (χ4v) is 0.680. The molecule has 0 saturated carbocycles. The number of unbranched alkanes of at least 4 members (excludes halogenated alkanes) is 1. The van der Waals surface area contributed by atoms with E-state index in [1.807, 2.05) is 13.8 Å². The molecule has 0 aromatic rings. The second-order valence-corrected chi connectivity index (χ2v) is 2.41. The van der Waals surface area contributed by atoms with Gasteiger partial charge in [0.25, 0.3) is 0 Å². The molecule has 1 atom stereocenters. The molecule has 10 heavy (non-hydrogen) atoms. The molecule has 3 nitrogen and oxygen atoms in total. The molecule has 0 aromatic heterocycles. The second kappa shape index (κ2) is 5.65. The van der Waals surface area contributed by atoms with Crippen LogP contribution in [-0.4, -0.2) is 28.1 Å². The average Bonchev–Trinajstić information content (AvgIpc) is 1.98. The van der Waals surface area contributed by atoms with Gasteiger partial charge in [-0.1, -0.05) is 20.3 Å². The Hall–Kier alpha value is -0.120. The molecule has 0 aliphatic carbocycles. The van der Waals surface area contributed by atoms with Gasteiger partial charge in [-0.25, -0.2) is 0 Å². The van der Waals surface area contributed by atoms with Gasteiger partial charge in [0.15, 0.2) is 0 Å². The van der Waals surface area contributed by atoms with Crippen molar-refractivity contribution >= 4 is 0 Å². The topological polar surface area (TPSA) is 43.7 Å². The summed E-state index contributed by atoms with van der Waals surface area (Å²) in [5.41, 5.74) is 0. The Labute approximate surface area is 62.2 Å². The van der Waals surface area contributed by atoms with Crippen molar-refractivity contribution in [3.8, 4) is 0 Å². The van der Waals surface area contributed by atoms with Gasteiger partial charge >= 0.3 is 0 Å². The van der Waals surface area contributed by atoms with E-state index in [2.05, 4.69) is 0 Å². The van der Waals surface area contributed by atoms with Crippen LogP contribution in [0.1, 0.15) is 33.1 Å². The van der Waals surface area contributed by atoms with Crippen LogP contribution >= 0.6 is 0 Å². The summed E-state index contributed by atoms with van der Waals surface area (Å²) in [6.45, 7) is 4.44. The summed E-state index contributed by atoms with van der Waals surface area (Å²) >= 11 is 0. The van der Waals surface area contributed by atoms with Crippen LogP contribution in [0.2, 0.25) is 0 Å². The summed E-state index contributed by atoms with van der Waals surface area (Å²) in [4.78, 5) is 0. The lowest BCUT2D eigenvalue weighted by molar-refractivity contribution is -0.196. The lowest BCUT2D eigenvalue weighted by Gasteiger charge is -2.19. The second-order valence-electron chi connectivity index (χ2n) is 2.41. The third kappa shape index (κ3) is 3.82. The highest BCUT2D eigenvalue weighted by atomic mass is 16.5. The summed E-state index contributed by atoms with van der Waals surface area (Å²) in [6, 6.07) is 0. The highest BCUT2D eigenvalue weighted by Crippen LogP contribution is 1.98. The fraction of sp³-hybridized carbons (Fsp3) is 1.00. The molecule has 0 saturated heterocycles. The Morgan fingerprint density at radius 2 is 2.00 bits per heavy atom. The average molecular weight is 147 g/mol. The molecule has 3 heteroatoms. The van der Waals surface area contributed by atoms with E-state index in [4.69, 9.17) is 10.3 Å². The van der Waals surface area contributed by atoms with Crippen LogP contribution in [0.3, 0.4) is 0 Å². The minimum Gasteiger partial charge on any atom is -0.376 e. The Kier molecular flexibility index (Phi) is 5.58. The standard InChI is InChI=1S/C7H17NO2/c1-3-5-6-8(10)7(9)4-2/h7,9-10H,3-6H2,1-2H3. The van der Waals surface area contributed by atoms with Crippen LogP contribution in [0.25, 0.3) is 0 Å². The number of aliphatic hydroxyl groups is 1. The minimum atomic E-state index is -0.688. The van der Waals surface area contributed by atoms with Gasteiger partial charge in [0, 0.05) is 6.54 Å². The third-order valence-electron chi connectivity index (χ3n) is 1.45. The van der Waals surface area contributed by atoms with E-state index in [9.17, 15) is 0 Å². The summed E-state index contributed by atoms with van der Waals surface area (Å²) < 4.78 is 0. The zero-order valence-electron chi connectivity index (χ0n) is 6.75. The van der Waals surface area contributed by atoms with Gasteiger partial charge in [-0.3, -0.25) is 0 Å². The van der Waals surface area contributed by atoms with Gasteiger partial charge in [-0.2, -0.15) is 5.06 Å². The van der Waals surface area contributed by atoms with E-state index < -0.39 is 6.23 Å². The van der Waals surface area contributed by atoms with Gasteiger partial charge in [0.1, 0.15) is 6.23 Å². The Bertz CT molecular complexity index is 78.0. The number of nitrogens with zero attached hydrogens (tertiary/aromatic N) is 1. The van der Waals surface area contributed by atoms with Crippen molar-refractivity contribution in [1.29, 1.82) is 0 Å². The fourth-order valence-electron chi connectivity index (χ4n) is 0.680. The molecule has 0 fully saturated rings. The Balaban J connectivity index is 3.31. The maximum absolute atomic E-state index is 9.03. The first-order chi connectivity index (χ1) is 4.72. The Morgan fingerprint density at radius 1 is 1.40 bits per heavy atom. The summed E-state index contributed by atoms with van der Waals surface area (Å²) in [6.07, 6.45) is 1.84. The van der Waals surface area contributed by atoms with E-state index in [1.165, 1.54) is 0 Å². The highest BCUT2D eigenvalue weighted by Gasteiger charge is 2.08. The monoisotopic (exact) mass is 147 g/mol. The lowest BCUT2D eigenvalue weighted by Crippen LogP contribution is -2.32. The van der Waals surface area contributed by atoms with Gasteiger partial charge in [0.2, 0.25) is 0 Å². The molecule has 0 aliphatic heterocycles. The van der Waals surface area contributed by atoms with Gasteiger partial charge in [-0.05, 0) is 12.8 Å². The summed E-state index contributed by atoms with van der Waals surface area (Å²) in [5, 5.41) is 19.1. The van der Waals surface area contributed by atoms with Gasteiger partial charge in [-0.15, -0.1) is 0 Å². The summed E-state index contributed by atoms with van der Waals surface area (Å²) in [5.74, 6) is 0. The van der Waals surface area contributed by atoms with Crippen LogP contribution in [0, 0.1) is 0 Å². The molecule has 0 aliphatic rings. The van der Waals surface area contributed by atoms with E-state index >= 15 is 0 Å². The molecule has 1 unspecified atom stereocenters. The first-order valence-corrected chi connectivity index (χ1v) is 3.86. The third-order valence-corrected chi connectivity index (χ3v) is 1.45. The molecule has 0 bridgehead atoms. The molecule has 0 radical (unpaired) electrons. The largest absolute Gasteiger partial charge is 0.376 e. The van der Waals surface area contributed by atoms with Crippen molar-refractivity contribution in [2.45, 2.75) is 39.3 Å². The molecule has 0 heterocycles. The first-order valence-electron chi connectivity index (χ1n) is 3.86. The predicted molar refractivity (Wildman–Crippen MR) is 39.7 cm³/mol. The van der Waals surface area contributed by atoms with E-state index in [-0.39, 0.29) is 0 Å². The molecule has 2 N–H and O–H groups in total. The Morgan fingerprint density at radius 3 is 2.40 bits per heavy atom. The number of hydrogen-bond acceptors (Lipinski definition) is 3. The first kappa shape index (κ1) is 9.88. The zero-order chi connectivity index (χ0) is 7.98. The van der Waals surface area contributed by atoms with Crippen molar-refractivity contribution in [3.05, 3.63) is 0 Å². The number of rotatable bonds is 5. The number of hydroxylamine groups is 2. The van der Waals surface area contributed by atoms with E-state index in [1.54, 1.807) is 0 Å². The van der Waals surface area contributed by atoms with Gasteiger partial charge < -0.3 is 10.3 Å². The quantitative estimate of drug-likeness (QED) is 0.453. The van der Waals surface area contributed by atoms with Crippen LogP contribution in [0.5, 0.6) is 0 Å². The molecule has 0 amide bonds. The van der Waals surface area contributed by atoms with Crippen molar-refractivity contribution in [1.82, 2.24) is 5.06 Å². The van der Waals surface area contributed by atoms with Crippen molar-refractivity contribution in [2.75, 3.05) is 6.54 Å². The molecule has 0 spiro atoms. The molecule has 62 valence electrons. The van der Waals surface area contributed by atoms with Crippen molar-refractivity contribution in [2.24, 2.45) is 0 Å². The highest BCUT2D eigenvalue weighted by molar-refractivity contribution is 4.47. The number of hydrogen-bond donors (Lipinski definition) is 2. The van der Waals surface area contributed by atoms with Crippen LogP contribution in [-0.2, 0) is 0 Å². The number of aliphatic hydroxyl groups excluding tert-OH is 1. The van der Waals surface area contributed by atoms with E-state index in [0.29, 0.717) is 13.0 Å². The molecule has 0 rings (SSSR count). The van der Waals surface area contributed by atoms with E-state index in [0.717, 1.165) is 17.9 Å². The predicted octanol–water partition coefficient (Wildman–Crippen LogP) is 1.21. The molecule has 0 aromatic carbocycles. The lowest BCUT2D eigenvalue weighted by atomic mass is 10.3. The smallest absolute Gasteiger partial charge is 0.129 e. The van der Waals surface area contributed by atoms with Crippen molar-refractivity contribution < 1.29 is 10.3 Å². The normalized spacial score (nSPS) is 14.1. The van der Waals surface area contributed by atoms with Gasteiger partial charge in [0.05, 0.1) is 0 Å². The molecular formula is C7H17NO2. The van der Waals surface area contributed by atoms with Crippen LogP contribution in [0.4, 0.5) is 0 Å². The minimum absolute atomic E-state index is 0.561. The SMILES string of the molecule is CCCCN(O)C(O)CC. The maximum Gasteiger partial charge on any atom is 0.129 e. The zero-order valence-corrected chi connectivity index (χ0v) is 6.75. The molecular weight excluding hydrogens is 130 g/mol. The van der Waals surface area contributed by atoms with Crippen molar-refractivity contribution in [3.63, 3.8) is 0 Å².